The molecule has 4 heteroatoms. The van der Waals surface area contributed by atoms with E-state index in [2.05, 4.69) is 0 Å². The van der Waals surface area contributed by atoms with Gasteiger partial charge in [-0.2, -0.15) is 0 Å². The molecule has 0 radical (unpaired) electrons. The molecule has 0 bridgehead atoms. The third kappa shape index (κ3) is 29.4. The van der Waals surface area contributed by atoms with E-state index in [4.69, 9.17) is 0 Å². The predicted molar refractivity (Wildman–Crippen MR) is 9.16 cm³/mol. The maximum Gasteiger partial charge on any atom is 1.00 e. The van der Waals surface area contributed by atoms with E-state index < -0.39 is 0 Å². The Morgan fingerprint density at radius 3 is 0.750 bits per heavy atom. The van der Waals surface area contributed by atoms with E-state index in [-0.39, 0.29) is 33.5 Å². The molecule has 34 valence electrons. The van der Waals surface area contributed by atoms with Crippen molar-refractivity contribution < 1.29 is 33.5 Å². The van der Waals surface area contributed by atoms with Gasteiger partial charge < -0.3 is 16.4 Å². The molecule has 0 saturated carbocycles. The van der Waals surface area contributed by atoms with Crippen LogP contribution in [0.25, 0.3) is 0 Å². The molecule has 5 N–H and O–H groups in total. The second kappa shape index (κ2) is 123. The van der Waals surface area contributed by atoms with Crippen molar-refractivity contribution in [2.24, 2.45) is 0 Å². The molecule has 0 saturated heterocycles. The molecule has 0 fully saturated rings. The van der Waals surface area contributed by atoms with Crippen LogP contribution in [-0.4, -0.2) is 16.4 Å². The molecule has 0 spiro atoms. The first kappa shape index (κ1) is 319. The fourth-order valence-electron chi connectivity index (χ4n) is 0. The Balaban J connectivity index is 0. The van der Waals surface area contributed by atoms with E-state index >= 15 is 0 Å². The van der Waals surface area contributed by atoms with Crippen molar-refractivity contribution in [3.8, 4) is 0 Å². The van der Waals surface area contributed by atoms with Crippen LogP contribution in [0.3, 0.4) is 0 Å². The van der Waals surface area contributed by atoms with Crippen molar-refractivity contribution in [1.29, 1.82) is 0 Å². The molecule has 0 heterocycles. The fraction of sp³-hybridized carbons (Fsp3) is 0. The van der Waals surface area contributed by atoms with Crippen molar-refractivity contribution in [3.63, 3.8) is 0 Å². The van der Waals surface area contributed by atoms with Crippen LogP contribution in [0.4, 0.5) is 0 Å². The van der Waals surface area contributed by atoms with Gasteiger partial charge in [-0.25, -0.2) is 0 Å². The van der Waals surface area contributed by atoms with Gasteiger partial charge in [0.2, 0.25) is 0 Å². The molecule has 0 aliphatic rings. The summed E-state index contributed by atoms with van der Waals surface area (Å²) in [4.78, 5) is 0. The van der Waals surface area contributed by atoms with Gasteiger partial charge in [-0.3, -0.25) is 0 Å². The minimum atomic E-state index is 0. The molecule has 0 rings (SSSR count). The van der Waals surface area contributed by atoms with Gasteiger partial charge in [-0.15, -0.1) is 0 Å². The Bertz CT molecular complexity index is 3.25. The predicted octanol–water partition coefficient (Wildman–Crippen LogP) is -1.83. The van der Waals surface area contributed by atoms with Gasteiger partial charge in [0.15, 0.2) is 0 Å². The Morgan fingerprint density at radius 2 is 0.750 bits per heavy atom. The Kier molecular flexibility index (Phi) is 9770. The monoisotopic (exact) mass is 116 g/mol. The summed E-state index contributed by atoms with van der Waals surface area (Å²) in [6, 6.07) is 0. The third-order valence-corrected chi connectivity index (χ3v) is 0. The zero-order valence-corrected chi connectivity index (χ0v) is 2.69. The smallest absolute Gasteiger partial charge is 0.870 e. The summed E-state index contributed by atoms with van der Waals surface area (Å²) in [6.45, 7) is 0. The van der Waals surface area contributed by atoms with Crippen molar-refractivity contribution in [2.75, 3.05) is 0 Å². The van der Waals surface area contributed by atoms with Crippen LogP contribution in [0.1, 0.15) is 0 Å². The maximum absolute atomic E-state index is 0. The summed E-state index contributed by atoms with van der Waals surface area (Å²) in [5.41, 5.74) is 0. The summed E-state index contributed by atoms with van der Waals surface area (Å²) in [5.74, 6) is 0. The summed E-state index contributed by atoms with van der Waals surface area (Å²) in [6.07, 6.45) is 0. The number of rotatable bonds is 0. The van der Waals surface area contributed by atoms with Crippen LogP contribution in [0, 0.1) is 0 Å². The molecule has 0 aromatic rings. The average Bonchev–Trinajstić information content (AvgIpc) is 0. The van der Waals surface area contributed by atoms with Gasteiger partial charge >= 0.3 is 17.1 Å². The minimum absolute atomic E-state index is 0. The third-order valence-electron chi connectivity index (χ3n) is 0. The van der Waals surface area contributed by atoms with E-state index in [0.717, 1.165) is 0 Å². The van der Waals surface area contributed by atoms with Crippen LogP contribution in [0.2, 0.25) is 0 Å². The second-order valence-corrected chi connectivity index (χ2v) is 0. The van der Waals surface area contributed by atoms with Crippen molar-refractivity contribution in [3.05, 3.63) is 0 Å². The average molecular weight is 117 g/mol. The second-order valence-electron chi connectivity index (χ2n) is 0. The molecular formula is H5CuO3. The van der Waals surface area contributed by atoms with E-state index in [9.17, 15) is 0 Å². The van der Waals surface area contributed by atoms with Gasteiger partial charge in [0.1, 0.15) is 0 Å². The standard InChI is InChI=1S/Cu.3H2O/h;3*1H2/q+1;;;/p-1. The van der Waals surface area contributed by atoms with Crippen LogP contribution in [0.5, 0.6) is 0 Å². The van der Waals surface area contributed by atoms with E-state index in [1.807, 2.05) is 0 Å². The van der Waals surface area contributed by atoms with Crippen LogP contribution in [0.15, 0.2) is 0 Å². The quantitative estimate of drug-likeness (QED) is 0.342. The Morgan fingerprint density at radius 1 is 0.750 bits per heavy atom. The molecule has 0 aliphatic heterocycles. The molecule has 0 aromatic carbocycles. The first-order valence-corrected chi connectivity index (χ1v) is 0. The molecule has 0 unspecified atom stereocenters. The molecule has 0 amide bonds. The maximum atomic E-state index is 0. The molecule has 0 aromatic heterocycles. The normalized spacial score (nSPS) is 0. The molecule has 0 atom stereocenters. The zero-order valence-electron chi connectivity index (χ0n) is 1.75. The van der Waals surface area contributed by atoms with Gasteiger partial charge in [-0.05, 0) is 0 Å². The minimum Gasteiger partial charge on any atom is -0.870 e. The summed E-state index contributed by atoms with van der Waals surface area (Å²) in [5, 5.41) is 0. The summed E-state index contributed by atoms with van der Waals surface area (Å²) in [7, 11) is 0. The van der Waals surface area contributed by atoms with E-state index in [1.54, 1.807) is 0 Å². The van der Waals surface area contributed by atoms with Gasteiger partial charge in [-0.1, -0.05) is 0 Å². The topological polar surface area (TPSA) is 93.0 Å². The Labute approximate surface area is 34.4 Å². The molecule has 4 heavy (non-hydrogen) atoms. The number of hydrogen-bond donors (Lipinski definition) is 0. The molecule has 0 aliphatic carbocycles. The van der Waals surface area contributed by atoms with Crippen molar-refractivity contribution in [1.82, 2.24) is 0 Å². The first-order chi connectivity index (χ1) is 0. The van der Waals surface area contributed by atoms with Gasteiger partial charge in [0, 0.05) is 0 Å². The SMILES string of the molecule is O.O.[Cu+].[OH-]. The van der Waals surface area contributed by atoms with Crippen LogP contribution in [-0.2, 0) is 17.1 Å². The fourth-order valence-corrected chi connectivity index (χ4v) is 0. The summed E-state index contributed by atoms with van der Waals surface area (Å²) >= 11 is 0. The summed E-state index contributed by atoms with van der Waals surface area (Å²) < 4.78 is 0. The first-order valence-electron chi connectivity index (χ1n) is 0. The zero-order chi connectivity index (χ0) is 0. The van der Waals surface area contributed by atoms with Crippen LogP contribution >= 0.6 is 0 Å². The largest absolute Gasteiger partial charge is 1.00 e. The number of hydrogen-bond acceptors (Lipinski definition) is 1. The van der Waals surface area contributed by atoms with Crippen LogP contribution < -0.4 is 0 Å². The molecular weight excluding hydrogens is 112 g/mol. The van der Waals surface area contributed by atoms with E-state index in [1.165, 1.54) is 0 Å². The van der Waals surface area contributed by atoms with Crippen molar-refractivity contribution in [2.45, 2.75) is 0 Å². The van der Waals surface area contributed by atoms with Crippen molar-refractivity contribution >= 4 is 0 Å². The Hall–Kier alpha value is 0.399. The van der Waals surface area contributed by atoms with Gasteiger partial charge in [0.05, 0.1) is 0 Å². The van der Waals surface area contributed by atoms with Gasteiger partial charge in [0.25, 0.3) is 0 Å². The van der Waals surface area contributed by atoms with E-state index in [0.29, 0.717) is 0 Å². The molecule has 3 nitrogen and oxygen atoms in total.